The number of fused-ring (bicyclic) bond motifs is 1. The molecule has 0 radical (unpaired) electrons. The number of sulfonamides is 1. The molecule has 0 saturated heterocycles. The monoisotopic (exact) mass is 476 g/mol. The number of hydrogen-bond donors (Lipinski definition) is 3. The molecule has 9 nitrogen and oxygen atoms in total. The van der Waals surface area contributed by atoms with E-state index in [0.717, 1.165) is 16.9 Å². The van der Waals surface area contributed by atoms with Crippen LogP contribution in [0.1, 0.15) is 48.9 Å². The fraction of sp³-hybridized carbons (Fsp3) is 0.600. The van der Waals surface area contributed by atoms with Crippen LogP contribution in [0.4, 0.5) is 0 Å². The van der Waals surface area contributed by atoms with Gasteiger partial charge in [-0.1, -0.05) is 0 Å². The summed E-state index contributed by atoms with van der Waals surface area (Å²) >= 11 is 0. The zero-order valence-corrected chi connectivity index (χ0v) is 20.5. The van der Waals surface area contributed by atoms with Gasteiger partial charge in [0, 0.05) is 18.5 Å². The summed E-state index contributed by atoms with van der Waals surface area (Å²) in [4.78, 5) is 15.5. The van der Waals surface area contributed by atoms with Gasteiger partial charge in [0.25, 0.3) is 10.0 Å². The largest absolute Gasteiger partial charge is 0.487 e. The summed E-state index contributed by atoms with van der Waals surface area (Å²) in [5, 5.41) is 0. The average molecular weight is 477 g/mol. The van der Waals surface area contributed by atoms with Crippen LogP contribution in [-0.2, 0) is 26.0 Å². The van der Waals surface area contributed by atoms with Crippen molar-refractivity contribution in [3.8, 4) is 5.75 Å². The Labute approximate surface area is 190 Å². The molecule has 1 aromatic carbocycles. The minimum atomic E-state index is -3.93. The number of halogens is 1. The molecule has 1 aliphatic rings. The van der Waals surface area contributed by atoms with E-state index in [0.29, 0.717) is 30.4 Å². The summed E-state index contributed by atoms with van der Waals surface area (Å²) in [6.45, 7) is 9.58. The second kappa shape index (κ2) is 10.1. The van der Waals surface area contributed by atoms with Gasteiger partial charge in [-0.25, -0.2) is 13.1 Å². The van der Waals surface area contributed by atoms with Crippen molar-refractivity contribution >= 4 is 34.4 Å². The molecule has 1 atom stereocenters. The second-order valence-corrected chi connectivity index (χ2v) is 9.81. The van der Waals surface area contributed by atoms with E-state index in [1.807, 2.05) is 20.8 Å². The zero-order valence-electron chi connectivity index (χ0n) is 18.9. The first kappa shape index (κ1) is 27.0. The number of nitrogens with two attached hydrogens (primary N) is 2. The minimum Gasteiger partial charge on any atom is -0.487 e. The quantitative estimate of drug-likeness (QED) is 0.234. The van der Waals surface area contributed by atoms with E-state index in [1.165, 1.54) is 7.11 Å². The number of hydrogen-bond acceptors (Lipinski definition) is 7. The molecule has 0 spiro atoms. The number of guanidine groups is 1. The molecule has 176 valence electrons. The van der Waals surface area contributed by atoms with Gasteiger partial charge >= 0.3 is 5.97 Å². The van der Waals surface area contributed by atoms with E-state index in [4.69, 9.17) is 16.2 Å². The van der Waals surface area contributed by atoms with Crippen molar-refractivity contribution in [1.82, 2.24) is 4.72 Å². The number of esters is 1. The molecule has 0 unspecified atom stereocenters. The Hall–Kier alpha value is -2.04. The number of benzene rings is 1. The Balaban J connectivity index is 0.00000480. The van der Waals surface area contributed by atoms with Gasteiger partial charge in [-0.2, -0.15) is 0 Å². The zero-order chi connectivity index (χ0) is 22.9. The van der Waals surface area contributed by atoms with E-state index in [2.05, 4.69) is 14.5 Å². The summed E-state index contributed by atoms with van der Waals surface area (Å²) < 4.78 is 39.1. The maximum absolute atomic E-state index is 13.1. The Morgan fingerprint density at radius 3 is 2.45 bits per heavy atom. The number of aliphatic imine (C=N–C) groups is 1. The maximum atomic E-state index is 13.1. The van der Waals surface area contributed by atoms with Crippen molar-refractivity contribution in [3.05, 3.63) is 22.3 Å². The van der Waals surface area contributed by atoms with Crippen molar-refractivity contribution in [1.29, 1.82) is 0 Å². The predicted octanol–water partition coefficient (Wildman–Crippen LogP) is 1.62. The highest BCUT2D eigenvalue weighted by Gasteiger charge is 2.36. The van der Waals surface area contributed by atoms with Crippen LogP contribution in [0, 0.1) is 20.8 Å². The highest BCUT2D eigenvalue weighted by Crippen LogP contribution is 2.43. The van der Waals surface area contributed by atoms with Gasteiger partial charge in [0.2, 0.25) is 5.96 Å². The Morgan fingerprint density at radius 2 is 1.87 bits per heavy atom. The summed E-state index contributed by atoms with van der Waals surface area (Å²) in [5.41, 5.74) is 14.1. The van der Waals surface area contributed by atoms with Crippen LogP contribution in [0.5, 0.6) is 5.75 Å². The number of methoxy groups -OCH3 is 1. The molecule has 0 bridgehead atoms. The number of ether oxygens (including phenoxy) is 2. The maximum Gasteiger partial charge on any atom is 0.322 e. The number of carbonyl (C=O) groups is 1. The molecule has 5 N–H and O–H groups in total. The van der Waals surface area contributed by atoms with Crippen LogP contribution >= 0.6 is 12.4 Å². The van der Waals surface area contributed by atoms with Gasteiger partial charge < -0.3 is 20.9 Å². The van der Waals surface area contributed by atoms with Gasteiger partial charge in [-0.15, -0.1) is 12.4 Å². The standard InChI is InChI=1S/C20H32N4O5S.ClH/c1-11-12(2)17(13(3)14-10-20(4,5)29-16(11)14)30(26,27)24-19(22)23-9-7-8-15(21)18(25)28-6;/h15H,7-10,21H2,1-6H3,(H3,22,23,24);1H/t15-;/m0./s1. The molecule has 1 aliphatic heterocycles. The third-order valence-electron chi connectivity index (χ3n) is 5.26. The molecule has 0 amide bonds. The lowest BCUT2D eigenvalue weighted by molar-refractivity contribution is -0.142. The van der Waals surface area contributed by atoms with Crippen LogP contribution < -0.4 is 20.9 Å². The van der Waals surface area contributed by atoms with E-state index in [9.17, 15) is 13.2 Å². The van der Waals surface area contributed by atoms with E-state index in [-0.39, 0.29) is 35.4 Å². The molecule has 1 heterocycles. The molecule has 11 heteroatoms. The number of nitrogens with zero attached hydrogens (tertiary/aromatic N) is 1. The topological polar surface area (TPSA) is 146 Å². The smallest absolute Gasteiger partial charge is 0.322 e. The Morgan fingerprint density at radius 1 is 1.26 bits per heavy atom. The summed E-state index contributed by atoms with van der Waals surface area (Å²) in [6.07, 6.45) is 1.44. The molecule has 1 aromatic rings. The predicted molar refractivity (Wildman–Crippen MR) is 122 cm³/mol. The third-order valence-corrected chi connectivity index (χ3v) is 6.89. The van der Waals surface area contributed by atoms with Crippen LogP contribution in [0.2, 0.25) is 0 Å². The van der Waals surface area contributed by atoms with E-state index >= 15 is 0 Å². The van der Waals surface area contributed by atoms with Crippen molar-refractivity contribution in [3.63, 3.8) is 0 Å². The SMILES string of the molecule is COC(=O)[C@@H](N)CCCN=C(N)NS(=O)(=O)c1c(C)c(C)c2c(c1C)CC(C)(C)O2.Cl. The Bertz CT molecular complexity index is 977. The first-order valence-corrected chi connectivity index (χ1v) is 11.3. The van der Waals surface area contributed by atoms with Crippen LogP contribution in [0.3, 0.4) is 0 Å². The fourth-order valence-electron chi connectivity index (χ4n) is 3.65. The average Bonchev–Trinajstić information content (AvgIpc) is 2.98. The molecule has 2 rings (SSSR count). The normalized spacial score (nSPS) is 16.0. The lowest BCUT2D eigenvalue weighted by atomic mass is 9.94. The third kappa shape index (κ3) is 6.02. The van der Waals surface area contributed by atoms with Crippen LogP contribution in [-0.4, -0.2) is 45.6 Å². The lowest BCUT2D eigenvalue weighted by Crippen LogP contribution is -2.38. The van der Waals surface area contributed by atoms with Gasteiger partial charge in [-0.05, 0) is 64.2 Å². The van der Waals surface area contributed by atoms with Crippen LogP contribution in [0.25, 0.3) is 0 Å². The number of rotatable bonds is 7. The molecule has 31 heavy (non-hydrogen) atoms. The highest BCUT2D eigenvalue weighted by atomic mass is 35.5. The minimum absolute atomic E-state index is 0. The van der Waals surface area contributed by atoms with Gasteiger partial charge in [-0.3, -0.25) is 9.79 Å². The summed E-state index contributed by atoms with van der Waals surface area (Å²) in [6, 6.07) is -0.741. The van der Waals surface area contributed by atoms with E-state index in [1.54, 1.807) is 13.8 Å². The fourth-order valence-corrected chi connectivity index (χ4v) is 5.17. The first-order valence-electron chi connectivity index (χ1n) is 9.78. The van der Waals surface area contributed by atoms with Crippen molar-refractivity contribution in [2.75, 3.05) is 13.7 Å². The van der Waals surface area contributed by atoms with Gasteiger partial charge in [0.1, 0.15) is 17.4 Å². The van der Waals surface area contributed by atoms with Crippen molar-refractivity contribution in [2.45, 2.75) is 70.4 Å². The second-order valence-electron chi connectivity index (χ2n) is 8.19. The first-order chi connectivity index (χ1) is 13.8. The Kier molecular flexibility index (Phi) is 8.75. The lowest BCUT2D eigenvalue weighted by Gasteiger charge is -2.19. The van der Waals surface area contributed by atoms with Crippen molar-refractivity contribution in [2.24, 2.45) is 16.5 Å². The number of nitrogens with one attached hydrogen (secondary N) is 1. The van der Waals surface area contributed by atoms with Gasteiger partial charge in [0.05, 0.1) is 12.0 Å². The molecule has 0 saturated carbocycles. The summed E-state index contributed by atoms with van der Waals surface area (Å²) in [5.74, 6) is 0.0467. The highest BCUT2D eigenvalue weighted by molar-refractivity contribution is 7.90. The molecule has 0 aliphatic carbocycles. The van der Waals surface area contributed by atoms with Crippen molar-refractivity contribution < 1.29 is 22.7 Å². The molecule has 0 aromatic heterocycles. The number of carbonyl (C=O) groups excluding carboxylic acids is 1. The molecular weight excluding hydrogens is 444 g/mol. The molecule has 0 fully saturated rings. The van der Waals surface area contributed by atoms with E-state index < -0.39 is 22.0 Å². The molecular formula is C20H33ClN4O5S. The van der Waals surface area contributed by atoms with Crippen LogP contribution in [0.15, 0.2) is 9.89 Å². The summed E-state index contributed by atoms with van der Waals surface area (Å²) in [7, 11) is -2.66. The van der Waals surface area contributed by atoms with Gasteiger partial charge in [0.15, 0.2) is 0 Å².